The number of nitrogens with zero attached hydrogens (tertiary/aromatic N) is 1. The highest BCUT2D eigenvalue weighted by molar-refractivity contribution is 9.10. The number of alkyl halides is 2. The number of hydrogen-bond donors (Lipinski definition) is 2. The molecule has 1 unspecified atom stereocenters. The van der Waals surface area contributed by atoms with Crippen LogP contribution in [0.25, 0.3) is 0 Å². The van der Waals surface area contributed by atoms with Crippen molar-refractivity contribution in [1.29, 1.82) is 0 Å². The largest absolute Gasteiger partial charge is 0.493 e. The molecule has 1 aromatic carbocycles. The third-order valence-corrected chi connectivity index (χ3v) is 4.56. The van der Waals surface area contributed by atoms with Gasteiger partial charge in [-0.25, -0.2) is 13.6 Å². The molecule has 1 saturated heterocycles. The van der Waals surface area contributed by atoms with Gasteiger partial charge < -0.3 is 20.1 Å². The van der Waals surface area contributed by atoms with Gasteiger partial charge in [0.25, 0.3) is 5.92 Å². The summed E-state index contributed by atoms with van der Waals surface area (Å²) in [6.07, 6.45) is -1.00. The van der Waals surface area contributed by atoms with Gasteiger partial charge in [-0.1, -0.05) is 15.9 Å². The SMILES string of the molecule is O=C(NCc1cc(Br)cc2c1OCC2)N1CCC(O)C(F)(F)C1. The molecule has 2 heterocycles. The number of fused-ring (bicyclic) bond motifs is 1. The Kier molecular flexibility index (Phi) is 4.46. The lowest BCUT2D eigenvalue weighted by Crippen LogP contribution is -2.55. The Morgan fingerprint density at radius 1 is 1.52 bits per heavy atom. The van der Waals surface area contributed by atoms with Gasteiger partial charge in [-0.2, -0.15) is 0 Å². The maximum Gasteiger partial charge on any atom is 0.317 e. The number of benzene rings is 1. The highest BCUT2D eigenvalue weighted by atomic mass is 79.9. The van der Waals surface area contributed by atoms with Crippen molar-refractivity contribution in [1.82, 2.24) is 10.2 Å². The molecule has 3 rings (SSSR count). The van der Waals surface area contributed by atoms with Gasteiger partial charge in [0.15, 0.2) is 0 Å². The minimum Gasteiger partial charge on any atom is -0.493 e. The number of amides is 2. The van der Waals surface area contributed by atoms with E-state index >= 15 is 0 Å². The second-order valence-electron chi connectivity index (χ2n) is 5.80. The van der Waals surface area contributed by atoms with Crippen LogP contribution in [0.3, 0.4) is 0 Å². The molecule has 0 radical (unpaired) electrons. The molecule has 2 aliphatic heterocycles. The van der Waals surface area contributed by atoms with E-state index in [1.54, 1.807) is 0 Å². The number of halogens is 3. The summed E-state index contributed by atoms with van der Waals surface area (Å²) in [5, 5.41) is 11.9. The Morgan fingerprint density at radius 3 is 3.04 bits per heavy atom. The van der Waals surface area contributed by atoms with Crippen molar-refractivity contribution in [3.8, 4) is 5.75 Å². The number of carbonyl (C=O) groups excluding carboxylic acids is 1. The van der Waals surface area contributed by atoms with Crippen LogP contribution >= 0.6 is 15.9 Å². The minimum atomic E-state index is -3.27. The second kappa shape index (κ2) is 6.24. The van der Waals surface area contributed by atoms with Crippen LogP contribution < -0.4 is 10.1 Å². The molecular weight excluding hydrogens is 374 g/mol. The van der Waals surface area contributed by atoms with Gasteiger partial charge in [0.2, 0.25) is 0 Å². The molecule has 0 saturated carbocycles. The minimum absolute atomic E-state index is 0.107. The van der Waals surface area contributed by atoms with Crippen LogP contribution in [-0.4, -0.2) is 47.8 Å². The lowest BCUT2D eigenvalue weighted by atomic mass is 10.0. The van der Waals surface area contributed by atoms with Crippen LogP contribution in [0.1, 0.15) is 17.5 Å². The fourth-order valence-corrected chi connectivity index (χ4v) is 3.41. The molecule has 0 aliphatic carbocycles. The number of likely N-dealkylation sites (tertiary alicyclic amines) is 1. The summed E-state index contributed by atoms with van der Waals surface area (Å²) < 4.78 is 33.5. The first-order chi connectivity index (χ1) is 10.9. The third-order valence-electron chi connectivity index (χ3n) is 4.10. The van der Waals surface area contributed by atoms with Crippen molar-refractivity contribution in [2.24, 2.45) is 0 Å². The van der Waals surface area contributed by atoms with Crippen molar-refractivity contribution < 1.29 is 23.4 Å². The first-order valence-corrected chi connectivity index (χ1v) is 8.19. The third kappa shape index (κ3) is 3.42. The van der Waals surface area contributed by atoms with Crippen molar-refractivity contribution >= 4 is 22.0 Å². The summed E-state index contributed by atoms with van der Waals surface area (Å²) in [7, 11) is 0. The van der Waals surface area contributed by atoms with Crippen LogP contribution in [0, 0.1) is 0 Å². The van der Waals surface area contributed by atoms with Crippen LogP contribution in [0.15, 0.2) is 16.6 Å². The van der Waals surface area contributed by atoms with Crippen molar-refractivity contribution in [3.05, 3.63) is 27.7 Å². The number of rotatable bonds is 2. The number of piperidine rings is 1. The molecule has 1 aromatic rings. The lowest BCUT2D eigenvalue weighted by Gasteiger charge is -2.35. The predicted molar refractivity (Wildman–Crippen MR) is 82.7 cm³/mol. The van der Waals surface area contributed by atoms with Gasteiger partial charge >= 0.3 is 6.03 Å². The molecule has 0 aromatic heterocycles. The molecule has 2 amide bonds. The van der Waals surface area contributed by atoms with Gasteiger partial charge in [0.05, 0.1) is 13.2 Å². The van der Waals surface area contributed by atoms with E-state index in [4.69, 9.17) is 4.74 Å². The standard InChI is InChI=1S/C15H17BrF2N2O3/c16-11-5-9-2-4-23-13(9)10(6-11)7-19-14(22)20-3-1-12(21)15(17,18)8-20/h5-6,12,21H,1-4,7-8H2,(H,19,22). The first kappa shape index (κ1) is 16.4. The Bertz CT molecular complexity index is 627. The van der Waals surface area contributed by atoms with E-state index in [9.17, 15) is 18.7 Å². The quantitative estimate of drug-likeness (QED) is 0.814. The fourth-order valence-electron chi connectivity index (χ4n) is 2.86. The van der Waals surface area contributed by atoms with E-state index in [1.807, 2.05) is 12.1 Å². The molecule has 0 spiro atoms. The topological polar surface area (TPSA) is 61.8 Å². The molecule has 23 heavy (non-hydrogen) atoms. The monoisotopic (exact) mass is 390 g/mol. The van der Waals surface area contributed by atoms with Crippen molar-refractivity contribution in [2.45, 2.75) is 31.4 Å². The number of aliphatic hydroxyl groups is 1. The Hall–Kier alpha value is -1.41. The van der Waals surface area contributed by atoms with Crippen LogP contribution in [0.2, 0.25) is 0 Å². The average Bonchev–Trinajstić information content (AvgIpc) is 2.95. The van der Waals surface area contributed by atoms with E-state index in [0.29, 0.717) is 6.61 Å². The summed E-state index contributed by atoms with van der Waals surface area (Å²) in [6, 6.07) is 3.25. The van der Waals surface area contributed by atoms with Crippen LogP contribution in [0.5, 0.6) is 5.75 Å². The molecule has 2 N–H and O–H groups in total. The average molecular weight is 391 g/mol. The zero-order valence-corrected chi connectivity index (χ0v) is 13.9. The highest BCUT2D eigenvalue weighted by Crippen LogP contribution is 2.33. The summed E-state index contributed by atoms with van der Waals surface area (Å²) in [5.74, 6) is -2.51. The van der Waals surface area contributed by atoms with Crippen LogP contribution in [-0.2, 0) is 13.0 Å². The normalized spacial score (nSPS) is 22.4. The summed E-state index contributed by atoms with van der Waals surface area (Å²) >= 11 is 3.42. The molecule has 8 heteroatoms. The smallest absolute Gasteiger partial charge is 0.317 e. The lowest BCUT2D eigenvalue weighted by molar-refractivity contribution is -0.141. The Balaban J connectivity index is 1.64. The van der Waals surface area contributed by atoms with Gasteiger partial charge in [-0.15, -0.1) is 0 Å². The van der Waals surface area contributed by atoms with Crippen molar-refractivity contribution in [3.63, 3.8) is 0 Å². The first-order valence-electron chi connectivity index (χ1n) is 7.39. The number of aliphatic hydroxyl groups excluding tert-OH is 1. The summed E-state index contributed by atoms with van der Waals surface area (Å²) in [6.45, 7) is 0.136. The molecular formula is C15H17BrF2N2O3. The van der Waals surface area contributed by atoms with Gasteiger partial charge in [-0.3, -0.25) is 0 Å². The van der Waals surface area contributed by atoms with Crippen molar-refractivity contribution in [2.75, 3.05) is 19.7 Å². The summed E-state index contributed by atoms with van der Waals surface area (Å²) in [5.41, 5.74) is 1.88. The van der Waals surface area contributed by atoms with Gasteiger partial charge in [0, 0.05) is 29.5 Å². The number of nitrogens with one attached hydrogen (secondary N) is 1. The summed E-state index contributed by atoms with van der Waals surface area (Å²) in [4.78, 5) is 13.1. The van der Waals surface area contributed by atoms with Crippen LogP contribution in [0.4, 0.5) is 13.6 Å². The molecule has 5 nitrogen and oxygen atoms in total. The van der Waals surface area contributed by atoms with E-state index in [0.717, 1.165) is 32.7 Å². The fraction of sp³-hybridized carbons (Fsp3) is 0.533. The Morgan fingerprint density at radius 2 is 2.30 bits per heavy atom. The van der Waals surface area contributed by atoms with E-state index in [2.05, 4.69) is 21.2 Å². The van der Waals surface area contributed by atoms with E-state index in [1.165, 1.54) is 0 Å². The maximum absolute atomic E-state index is 13.5. The van der Waals surface area contributed by atoms with Gasteiger partial charge in [-0.05, 0) is 24.1 Å². The Labute approximate surface area is 140 Å². The molecule has 2 aliphatic rings. The predicted octanol–water partition coefficient (Wildman–Crippen LogP) is 2.30. The number of carbonyl (C=O) groups is 1. The molecule has 0 bridgehead atoms. The number of ether oxygens (including phenoxy) is 1. The number of hydrogen-bond acceptors (Lipinski definition) is 3. The maximum atomic E-state index is 13.5. The molecule has 1 atom stereocenters. The molecule has 126 valence electrons. The molecule has 1 fully saturated rings. The van der Waals surface area contributed by atoms with E-state index in [-0.39, 0.29) is 19.5 Å². The highest BCUT2D eigenvalue weighted by Gasteiger charge is 2.44. The zero-order chi connectivity index (χ0) is 16.6. The second-order valence-corrected chi connectivity index (χ2v) is 6.71. The number of urea groups is 1. The van der Waals surface area contributed by atoms with E-state index < -0.39 is 24.6 Å². The zero-order valence-electron chi connectivity index (χ0n) is 12.3. The van der Waals surface area contributed by atoms with Gasteiger partial charge in [0.1, 0.15) is 11.9 Å².